The van der Waals surface area contributed by atoms with E-state index < -0.39 is 21.8 Å². The Balaban J connectivity index is 1.67. The molecule has 0 saturated heterocycles. The third kappa shape index (κ3) is 5.70. The molecule has 1 aliphatic rings. The Hall–Kier alpha value is -2.04. The van der Waals surface area contributed by atoms with Crippen LogP contribution in [0.15, 0.2) is 52.5 Å². The van der Waals surface area contributed by atoms with E-state index in [-0.39, 0.29) is 10.9 Å². The van der Waals surface area contributed by atoms with Gasteiger partial charge in [-0.2, -0.15) is 13.2 Å². The third-order valence-electron chi connectivity index (χ3n) is 6.48. The van der Waals surface area contributed by atoms with Crippen molar-refractivity contribution in [1.29, 1.82) is 0 Å². The van der Waals surface area contributed by atoms with Gasteiger partial charge in [0.25, 0.3) is 0 Å². The Labute approximate surface area is 208 Å². The van der Waals surface area contributed by atoms with Crippen LogP contribution in [0.3, 0.4) is 0 Å². The highest BCUT2D eigenvalue weighted by Crippen LogP contribution is 2.38. The van der Waals surface area contributed by atoms with Crippen molar-refractivity contribution in [3.63, 3.8) is 0 Å². The normalized spacial score (nSPS) is 15.5. The number of thioether (sulfide) groups is 1. The lowest BCUT2D eigenvalue weighted by Crippen LogP contribution is -2.27. The van der Waals surface area contributed by atoms with Gasteiger partial charge in [0.1, 0.15) is 0 Å². The standard InChI is InChI=1S/C25H30F3N3O2S2/c1-3-4-14-30(2)35(32,33)21-12-13-23-22(16-21)29-24(31(23)20-10-5-6-11-20)34-17-18-8-7-9-19(15-18)25(26,27)28/h7-9,12-13,15-16,20H,3-6,10-11,14,17H2,1-2H3. The van der Waals surface area contributed by atoms with E-state index in [4.69, 9.17) is 4.98 Å². The number of hydrogen-bond acceptors (Lipinski definition) is 4. The van der Waals surface area contributed by atoms with Gasteiger partial charge in [-0.05, 0) is 49.1 Å². The second-order valence-corrected chi connectivity index (χ2v) is 12.0. The zero-order valence-corrected chi connectivity index (χ0v) is 21.5. The van der Waals surface area contributed by atoms with Crippen LogP contribution in [-0.2, 0) is 22.0 Å². The zero-order valence-electron chi connectivity index (χ0n) is 19.9. The first kappa shape index (κ1) is 26.0. The molecule has 35 heavy (non-hydrogen) atoms. The van der Waals surface area contributed by atoms with Crippen molar-refractivity contribution in [2.45, 2.75) is 73.5 Å². The van der Waals surface area contributed by atoms with Crippen LogP contribution in [0.5, 0.6) is 0 Å². The van der Waals surface area contributed by atoms with E-state index in [9.17, 15) is 21.6 Å². The number of rotatable bonds is 9. The molecule has 0 atom stereocenters. The van der Waals surface area contributed by atoms with Gasteiger partial charge < -0.3 is 4.57 Å². The lowest BCUT2D eigenvalue weighted by atomic mass is 10.1. The average molecular weight is 526 g/mol. The molecule has 3 aromatic rings. The van der Waals surface area contributed by atoms with Crippen molar-refractivity contribution in [3.8, 4) is 0 Å². The number of fused-ring (bicyclic) bond motifs is 1. The minimum absolute atomic E-state index is 0.203. The van der Waals surface area contributed by atoms with Crippen LogP contribution in [0, 0.1) is 0 Å². The summed E-state index contributed by atoms with van der Waals surface area (Å²) in [5.74, 6) is 0.338. The summed E-state index contributed by atoms with van der Waals surface area (Å²) in [5.41, 5.74) is 1.35. The van der Waals surface area contributed by atoms with Crippen molar-refractivity contribution in [3.05, 3.63) is 53.6 Å². The summed E-state index contributed by atoms with van der Waals surface area (Å²) in [6.45, 7) is 2.46. The molecule has 10 heteroatoms. The van der Waals surface area contributed by atoms with Crippen LogP contribution in [0.2, 0.25) is 0 Å². The van der Waals surface area contributed by atoms with Gasteiger partial charge >= 0.3 is 6.18 Å². The molecule has 1 aromatic heterocycles. The molecular formula is C25H30F3N3O2S2. The van der Waals surface area contributed by atoms with E-state index in [0.717, 1.165) is 50.1 Å². The largest absolute Gasteiger partial charge is 0.416 e. The minimum Gasteiger partial charge on any atom is -0.316 e. The molecule has 190 valence electrons. The lowest BCUT2D eigenvalue weighted by molar-refractivity contribution is -0.137. The fourth-order valence-electron chi connectivity index (χ4n) is 4.50. The first-order valence-corrected chi connectivity index (χ1v) is 14.3. The number of benzene rings is 2. The Bertz CT molecular complexity index is 1280. The summed E-state index contributed by atoms with van der Waals surface area (Å²) < 4.78 is 69.0. The second kappa shape index (κ2) is 10.5. The van der Waals surface area contributed by atoms with Gasteiger partial charge in [0.05, 0.1) is 21.5 Å². The van der Waals surface area contributed by atoms with E-state index in [1.165, 1.54) is 28.2 Å². The van der Waals surface area contributed by atoms with Crippen LogP contribution in [0.25, 0.3) is 11.0 Å². The summed E-state index contributed by atoms with van der Waals surface area (Å²) >= 11 is 1.39. The first-order chi connectivity index (χ1) is 16.6. The van der Waals surface area contributed by atoms with Crippen molar-refractivity contribution in [2.75, 3.05) is 13.6 Å². The molecule has 1 saturated carbocycles. The minimum atomic E-state index is -4.39. The Morgan fingerprint density at radius 1 is 1.14 bits per heavy atom. The van der Waals surface area contributed by atoms with E-state index in [2.05, 4.69) is 4.57 Å². The summed E-state index contributed by atoms with van der Waals surface area (Å²) in [4.78, 5) is 4.96. The highest BCUT2D eigenvalue weighted by Gasteiger charge is 2.30. The van der Waals surface area contributed by atoms with Crippen molar-refractivity contribution in [1.82, 2.24) is 13.9 Å². The van der Waals surface area contributed by atoms with Crippen LogP contribution in [0.1, 0.15) is 62.6 Å². The number of imidazole rings is 1. The smallest absolute Gasteiger partial charge is 0.316 e. The van der Waals surface area contributed by atoms with Crippen molar-refractivity contribution >= 4 is 32.8 Å². The predicted octanol–water partition coefficient (Wildman–Crippen LogP) is 6.88. The van der Waals surface area contributed by atoms with Crippen LogP contribution in [-0.4, -0.2) is 35.9 Å². The van der Waals surface area contributed by atoms with Gasteiger partial charge in [-0.3, -0.25) is 0 Å². The Morgan fingerprint density at radius 2 is 1.89 bits per heavy atom. The monoisotopic (exact) mass is 525 g/mol. The van der Waals surface area contributed by atoms with Gasteiger partial charge in [-0.25, -0.2) is 17.7 Å². The van der Waals surface area contributed by atoms with E-state index in [0.29, 0.717) is 28.5 Å². The zero-order chi connectivity index (χ0) is 25.2. The number of sulfonamides is 1. The molecule has 5 nitrogen and oxygen atoms in total. The molecule has 0 unspecified atom stereocenters. The summed E-state index contributed by atoms with van der Waals surface area (Å²) in [6.07, 6.45) is 1.52. The van der Waals surface area contributed by atoms with Crippen LogP contribution >= 0.6 is 11.8 Å². The molecular weight excluding hydrogens is 495 g/mol. The summed E-state index contributed by atoms with van der Waals surface area (Å²) in [7, 11) is -2.04. The molecule has 1 heterocycles. The molecule has 0 radical (unpaired) electrons. The van der Waals surface area contributed by atoms with Crippen LogP contribution in [0.4, 0.5) is 13.2 Å². The predicted molar refractivity (Wildman–Crippen MR) is 133 cm³/mol. The second-order valence-electron chi connectivity index (χ2n) is 9.02. The number of halogens is 3. The number of alkyl halides is 3. The third-order valence-corrected chi connectivity index (χ3v) is 9.35. The highest BCUT2D eigenvalue weighted by molar-refractivity contribution is 7.98. The number of aromatic nitrogens is 2. The number of unbranched alkanes of at least 4 members (excludes halogenated alkanes) is 1. The maximum absolute atomic E-state index is 13.1. The van der Waals surface area contributed by atoms with Gasteiger partial charge in [-0.1, -0.05) is 56.1 Å². The molecule has 4 rings (SSSR count). The van der Waals surface area contributed by atoms with Gasteiger partial charge in [0.15, 0.2) is 5.16 Å². The molecule has 2 aromatic carbocycles. The lowest BCUT2D eigenvalue weighted by Gasteiger charge is -2.18. The van der Waals surface area contributed by atoms with E-state index in [1.807, 2.05) is 13.0 Å². The molecule has 0 bridgehead atoms. The first-order valence-electron chi connectivity index (χ1n) is 11.9. The Kier molecular flexibility index (Phi) is 7.83. The SMILES string of the molecule is CCCCN(C)S(=O)(=O)c1ccc2c(c1)nc(SCc1cccc(C(F)(F)F)c1)n2C1CCCC1. The molecule has 1 fully saturated rings. The van der Waals surface area contributed by atoms with Gasteiger partial charge in [0, 0.05) is 25.4 Å². The quantitative estimate of drug-likeness (QED) is 0.286. The van der Waals surface area contributed by atoms with Crippen molar-refractivity contribution in [2.24, 2.45) is 0 Å². The van der Waals surface area contributed by atoms with E-state index >= 15 is 0 Å². The number of hydrogen-bond donors (Lipinski definition) is 0. The molecule has 0 aliphatic heterocycles. The topological polar surface area (TPSA) is 55.2 Å². The summed E-state index contributed by atoms with van der Waals surface area (Å²) in [6, 6.07) is 10.7. The molecule has 0 amide bonds. The van der Waals surface area contributed by atoms with Crippen LogP contribution < -0.4 is 0 Å². The fourth-order valence-corrected chi connectivity index (χ4v) is 6.75. The maximum Gasteiger partial charge on any atom is 0.416 e. The van der Waals surface area contributed by atoms with E-state index in [1.54, 1.807) is 25.2 Å². The fraction of sp³-hybridized carbons (Fsp3) is 0.480. The van der Waals surface area contributed by atoms with Crippen molar-refractivity contribution < 1.29 is 21.6 Å². The number of nitrogens with zero attached hydrogens (tertiary/aromatic N) is 3. The average Bonchev–Trinajstić information content (AvgIpc) is 3.47. The molecule has 1 aliphatic carbocycles. The highest BCUT2D eigenvalue weighted by atomic mass is 32.2. The van der Waals surface area contributed by atoms with Gasteiger partial charge in [-0.15, -0.1) is 0 Å². The van der Waals surface area contributed by atoms with Gasteiger partial charge in [0.2, 0.25) is 10.0 Å². The Morgan fingerprint density at radius 3 is 2.57 bits per heavy atom. The summed E-state index contributed by atoms with van der Waals surface area (Å²) in [5, 5.41) is 0.707. The maximum atomic E-state index is 13.1. The molecule has 0 spiro atoms. The molecule has 0 N–H and O–H groups in total.